The summed E-state index contributed by atoms with van der Waals surface area (Å²) in [6.45, 7) is 2.53. The van der Waals surface area contributed by atoms with Gasteiger partial charge in [-0.2, -0.15) is 0 Å². The summed E-state index contributed by atoms with van der Waals surface area (Å²) in [6.07, 6.45) is 0. The SMILES string of the molecule is Cc1cccc(C(=O)NCCSc2c(-c3ccc(F)cc3)[nH]c3ccccc23)c1. The van der Waals surface area contributed by atoms with Crippen molar-refractivity contribution in [2.24, 2.45) is 0 Å². The van der Waals surface area contributed by atoms with Crippen LogP contribution in [-0.4, -0.2) is 23.2 Å². The van der Waals surface area contributed by atoms with E-state index in [-0.39, 0.29) is 11.7 Å². The molecule has 3 aromatic carbocycles. The number of rotatable bonds is 6. The van der Waals surface area contributed by atoms with Crippen molar-refractivity contribution < 1.29 is 9.18 Å². The molecule has 0 radical (unpaired) electrons. The number of H-pyrrole nitrogens is 1. The van der Waals surface area contributed by atoms with Crippen LogP contribution in [0.5, 0.6) is 0 Å². The van der Waals surface area contributed by atoms with Gasteiger partial charge >= 0.3 is 0 Å². The van der Waals surface area contributed by atoms with E-state index < -0.39 is 0 Å². The van der Waals surface area contributed by atoms with Crippen molar-refractivity contribution in [3.05, 3.63) is 89.7 Å². The predicted octanol–water partition coefficient (Wildman–Crippen LogP) is 5.80. The maximum Gasteiger partial charge on any atom is 0.251 e. The summed E-state index contributed by atoms with van der Waals surface area (Å²) in [5.74, 6) is 0.415. The molecule has 4 aromatic rings. The Morgan fingerprint density at radius 2 is 1.83 bits per heavy atom. The molecule has 0 bridgehead atoms. The number of thioether (sulfide) groups is 1. The molecule has 0 unspecified atom stereocenters. The third-order valence-corrected chi connectivity index (χ3v) is 5.83. The maximum absolute atomic E-state index is 13.3. The highest BCUT2D eigenvalue weighted by Crippen LogP contribution is 2.37. The minimum absolute atomic E-state index is 0.0630. The van der Waals surface area contributed by atoms with Crippen LogP contribution in [0.4, 0.5) is 4.39 Å². The van der Waals surface area contributed by atoms with Gasteiger partial charge in [-0.15, -0.1) is 11.8 Å². The Morgan fingerprint density at radius 1 is 1.03 bits per heavy atom. The second-order valence-corrected chi connectivity index (χ2v) is 7.96. The first-order valence-corrected chi connectivity index (χ1v) is 10.4. The second kappa shape index (κ2) is 8.53. The van der Waals surface area contributed by atoms with Crippen LogP contribution in [0.3, 0.4) is 0 Å². The number of benzene rings is 3. The van der Waals surface area contributed by atoms with Crippen LogP contribution in [-0.2, 0) is 0 Å². The van der Waals surface area contributed by atoms with Crippen molar-refractivity contribution in [1.82, 2.24) is 10.3 Å². The van der Waals surface area contributed by atoms with Crippen LogP contribution in [0.15, 0.2) is 77.7 Å². The zero-order valence-corrected chi connectivity index (χ0v) is 16.9. The molecule has 146 valence electrons. The third kappa shape index (κ3) is 4.35. The molecule has 0 aliphatic carbocycles. The zero-order chi connectivity index (χ0) is 20.2. The Hall–Kier alpha value is -3.05. The number of halogens is 1. The number of fused-ring (bicyclic) bond motifs is 1. The third-order valence-electron chi connectivity index (χ3n) is 4.71. The van der Waals surface area contributed by atoms with Crippen LogP contribution in [0, 0.1) is 12.7 Å². The zero-order valence-electron chi connectivity index (χ0n) is 16.0. The summed E-state index contributed by atoms with van der Waals surface area (Å²) in [4.78, 5) is 16.9. The van der Waals surface area contributed by atoms with Crippen molar-refractivity contribution in [1.29, 1.82) is 0 Å². The molecule has 1 aromatic heterocycles. The lowest BCUT2D eigenvalue weighted by atomic mass is 10.1. The van der Waals surface area contributed by atoms with Crippen LogP contribution in [0.1, 0.15) is 15.9 Å². The molecule has 3 nitrogen and oxygen atoms in total. The maximum atomic E-state index is 13.3. The molecule has 29 heavy (non-hydrogen) atoms. The first-order valence-electron chi connectivity index (χ1n) is 9.46. The fourth-order valence-electron chi connectivity index (χ4n) is 3.29. The van der Waals surface area contributed by atoms with Gasteiger partial charge in [0.1, 0.15) is 5.82 Å². The molecule has 4 rings (SSSR count). The number of hydrogen-bond donors (Lipinski definition) is 2. The Kier molecular flexibility index (Phi) is 5.67. The van der Waals surface area contributed by atoms with Crippen molar-refractivity contribution in [3.8, 4) is 11.3 Å². The summed E-state index contributed by atoms with van der Waals surface area (Å²) in [5, 5.41) is 4.11. The lowest BCUT2D eigenvalue weighted by Gasteiger charge is -2.08. The predicted molar refractivity (Wildman–Crippen MR) is 118 cm³/mol. The van der Waals surface area contributed by atoms with E-state index in [4.69, 9.17) is 0 Å². The minimum Gasteiger partial charge on any atom is -0.354 e. The Morgan fingerprint density at radius 3 is 2.62 bits per heavy atom. The van der Waals surface area contributed by atoms with Crippen LogP contribution in [0.2, 0.25) is 0 Å². The molecular formula is C24H21FN2OS. The molecule has 0 aliphatic rings. The highest BCUT2D eigenvalue weighted by molar-refractivity contribution is 7.99. The average Bonchev–Trinajstić information content (AvgIpc) is 3.10. The monoisotopic (exact) mass is 404 g/mol. The summed E-state index contributed by atoms with van der Waals surface area (Å²) in [5.41, 5.74) is 4.69. The Balaban J connectivity index is 1.49. The smallest absolute Gasteiger partial charge is 0.251 e. The number of carbonyl (C=O) groups is 1. The fraction of sp³-hybridized carbons (Fsp3) is 0.125. The fourth-order valence-corrected chi connectivity index (χ4v) is 4.35. The molecule has 0 aliphatic heterocycles. The normalized spacial score (nSPS) is 11.0. The van der Waals surface area contributed by atoms with Gasteiger partial charge in [-0.1, -0.05) is 35.9 Å². The van der Waals surface area contributed by atoms with Gasteiger partial charge in [0.05, 0.1) is 5.69 Å². The van der Waals surface area contributed by atoms with Gasteiger partial charge in [0.2, 0.25) is 0 Å². The van der Waals surface area contributed by atoms with Crippen LogP contribution in [0.25, 0.3) is 22.2 Å². The molecule has 0 atom stereocenters. The van der Waals surface area contributed by atoms with E-state index in [2.05, 4.69) is 16.4 Å². The first kappa shape index (κ1) is 19.3. The summed E-state index contributed by atoms with van der Waals surface area (Å²) >= 11 is 1.68. The number of carbonyl (C=O) groups excluding carboxylic acids is 1. The van der Waals surface area contributed by atoms with Crippen molar-refractivity contribution in [2.45, 2.75) is 11.8 Å². The van der Waals surface area contributed by atoms with Crippen molar-refractivity contribution in [3.63, 3.8) is 0 Å². The second-order valence-electron chi connectivity index (χ2n) is 6.86. The topological polar surface area (TPSA) is 44.9 Å². The van der Waals surface area contributed by atoms with E-state index in [0.29, 0.717) is 12.1 Å². The van der Waals surface area contributed by atoms with Gasteiger partial charge < -0.3 is 10.3 Å². The molecule has 2 N–H and O–H groups in total. The number of aromatic amines is 1. The van der Waals surface area contributed by atoms with E-state index in [0.717, 1.165) is 38.4 Å². The standard InChI is InChI=1S/C24H21FN2OS/c1-16-5-4-6-18(15-16)24(28)26-13-14-29-23-20-7-2-3-8-21(20)27-22(23)17-9-11-19(25)12-10-17/h2-12,15,27H,13-14H2,1H3,(H,26,28). The van der Waals surface area contributed by atoms with Gasteiger partial charge in [-0.3, -0.25) is 4.79 Å². The molecule has 0 saturated heterocycles. The van der Waals surface area contributed by atoms with Gasteiger partial charge in [-0.05, 0) is 55.0 Å². The van der Waals surface area contributed by atoms with E-state index in [1.165, 1.54) is 12.1 Å². The summed E-state index contributed by atoms with van der Waals surface area (Å²) in [6, 6.07) is 22.2. The minimum atomic E-state index is -0.252. The van der Waals surface area contributed by atoms with Gasteiger partial charge in [0.15, 0.2) is 0 Å². The number of amides is 1. The molecule has 5 heteroatoms. The number of hydrogen-bond acceptors (Lipinski definition) is 2. The van der Waals surface area contributed by atoms with Crippen LogP contribution >= 0.6 is 11.8 Å². The van der Waals surface area contributed by atoms with Gasteiger partial charge in [0, 0.05) is 33.7 Å². The average molecular weight is 405 g/mol. The van der Waals surface area contributed by atoms with E-state index >= 15 is 0 Å². The van der Waals surface area contributed by atoms with E-state index in [9.17, 15) is 9.18 Å². The number of aromatic nitrogens is 1. The van der Waals surface area contributed by atoms with Gasteiger partial charge in [-0.25, -0.2) is 4.39 Å². The molecule has 0 saturated carbocycles. The van der Waals surface area contributed by atoms with Crippen LogP contribution < -0.4 is 5.32 Å². The Labute approximate surface area is 173 Å². The first-order chi connectivity index (χ1) is 14.1. The molecule has 1 heterocycles. The van der Waals surface area contributed by atoms with E-state index in [1.54, 1.807) is 23.9 Å². The summed E-state index contributed by atoms with van der Waals surface area (Å²) in [7, 11) is 0. The quantitative estimate of drug-likeness (QED) is 0.315. The Bertz CT molecular complexity index is 1150. The summed E-state index contributed by atoms with van der Waals surface area (Å²) < 4.78 is 13.3. The molecular weight excluding hydrogens is 383 g/mol. The highest BCUT2D eigenvalue weighted by atomic mass is 32.2. The highest BCUT2D eigenvalue weighted by Gasteiger charge is 2.14. The number of aryl methyl sites for hydroxylation is 1. The largest absolute Gasteiger partial charge is 0.354 e. The lowest BCUT2D eigenvalue weighted by Crippen LogP contribution is -2.25. The number of para-hydroxylation sites is 1. The van der Waals surface area contributed by atoms with Crippen molar-refractivity contribution in [2.75, 3.05) is 12.3 Å². The van der Waals surface area contributed by atoms with Crippen molar-refractivity contribution >= 4 is 28.6 Å². The number of nitrogens with one attached hydrogen (secondary N) is 2. The molecule has 1 amide bonds. The van der Waals surface area contributed by atoms with E-state index in [1.807, 2.05) is 49.4 Å². The molecule has 0 spiro atoms. The van der Waals surface area contributed by atoms with Gasteiger partial charge in [0.25, 0.3) is 5.91 Å². The lowest BCUT2D eigenvalue weighted by molar-refractivity contribution is 0.0956. The molecule has 0 fully saturated rings.